The fourth-order valence-electron chi connectivity index (χ4n) is 5.76. The molecule has 238 valence electrons. The molecule has 2 aliphatic rings. The van der Waals surface area contributed by atoms with Crippen LogP contribution in [-0.4, -0.2) is 45.8 Å². The van der Waals surface area contributed by atoms with E-state index in [2.05, 4.69) is 44.3 Å². The molecule has 1 unspecified atom stereocenters. The Morgan fingerprint density at radius 1 is 1.16 bits per heavy atom. The summed E-state index contributed by atoms with van der Waals surface area (Å²) in [6, 6.07) is 11.5. The molecule has 4 aromatic rings. The summed E-state index contributed by atoms with van der Waals surface area (Å²) in [6.45, 7) is 4.27. The maximum atomic E-state index is 13.1. The number of esters is 1. The van der Waals surface area contributed by atoms with Gasteiger partial charge < -0.3 is 23.6 Å². The lowest BCUT2D eigenvalue weighted by Crippen LogP contribution is -2.47. The minimum Gasteiger partial charge on any atom is -0.465 e. The minimum absolute atomic E-state index is 0.0813. The van der Waals surface area contributed by atoms with E-state index >= 15 is 0 Å². The molecule has 3 atom stereocenters. The average Bonchev–Trinajstić information content (AvgIpc) is 3.57. The molecule has 3 heterocycles. The van der Waals surface area contributed by atoms with Gasteiger partial charge in [-0.15, -0.1) is 24.5 Å². The minimum atomic E-state index is -4.83. The summed E-state index contributed by atoms with van der Waals surface area (Å²) >= 11 is 4.00. The molecule has 1 aliphatic heterocycles. The molecule has 13 heteroatoms. The highest BCUT2D eigenvalue weighted by atomic mass is 127. The fourth-order valence-corrected chi connectivity index (χ4v) is 8.31. The van der Waals surface area contributed by atoms with Crippen molar-refractivity contribution in [1.82, 2.24) is 10.1 Å². The van der Waals surface area contributed by atoms with Gasteiger partial charge >= 0.3 is 12.3 Å². The highest BCUT2D eigenvalue weighted by molar-refractivity contribution is 14.1. The molecule has 6 rings (SSSR count). The highest BCUT2D eigenvalue weighted by Crippen LogP contribution is 2.46. The number of hydrogen-bond acceptors (Lipinski definition) is 9. The number of benzene rings is 2. The number of rotatable bonds is 9. The van der Waals surface area contributed by atoms with E-state index < -0.39 is 6.36 Å². The van der Waals surface area contributed by atoms with Gasteiger partial charge in [0, 0.05) is 40.5 Å². The standard InChI is InChI=1S/C32H31F3IN3O5S/c1-17-12-20(30(40)41-3)10-11-22(17)25-16-45-31(37-25)39-18(2)13-21(14-27(39)36)42-15-24-28(38-44-29(24)19-8-9-19)23-6-4-5-7-26(23)43-32(33,34)35/h4-7,10-12,16,18-19,21,27H,8-9,13-15H2,1-3H3/t18-,21?,27+/m1/s1. The summed E-state index contributed by atoms with van der Waals surface area (Å²) < 4.78 is 60.8. The van der Waals surface area contributed by atoms with Gasteiger partial charge in [-0.05, 0) is 62.9 Å². The van der Waals surface area contributed by atoms with Gasteiger partial charge in [-0.2, -0.15) is 0 Å². The smallest absolute Gasteiger partial charge is 0.465 e. The van der Waals surface area contributed by atoms with E-state index in [1.807, 2.05) is 24.4 Å². The molecular weight excluding hydrogens is 722 g/mol. The molecule has 8 nitrogen and oxygen atoms in total. The fraction of sp³-hybridized carbons (Fsp3) is 0.406. The monoisotopic (exact) mass is 753 g/mol. The molecule has 0 amide bonds. The van der Waals surface area contributed by atoms with E-state index in [1.165, 1.54) is 19.2 Å². The lowest BCUT2D eigenvalue weighted by molar-refractivity contribution is -0.274. The first-order valence-corrected chi connectivity index (χ1v) is 16.7. The Morgan fingerprint density at radius 3 is 2.62 bits per heavy atom. The molecular formula is C32H31F3IN3O5S. The van der Waals surface area contributed by atoms with Gasteiger partial charge in [-0.25, -0.2) is 9.78 Å². The van der Waals surface area contributed by atoms with Crippen molar-refractivity contribution in [3.63, 3.8) is 0 Å². The Labute approximate surface area is 276 Å². The van der Waals surface area contributed by atoms with E-state index in [0.717, 1.165) is 47.6 Å². The number of carbonyl (C=O) groups excluding carboxylic acids is 1. The van der Waals surface area contributed by atoms with E-state index in [9.17, 15) is 18.0 Å². The zero-order valence-corrected chi connectivity index (χ0v) is 27.7. The van der Waals surface area contributed by atoms with Gasteiger partial charge in [0.2, 0.25) is 0 Å². The molecule has 1 saturated carbocycles. The predicted octanol–water partition coefficient (Wildman–Crippen LogP) is 8.67. The predicted molar refractivity (Wildman–Crippen MR) is 172 cm³/mol. The van der Waals surface area contributed by atoms with Crippen LogP contribution >= 0.6 is 33.9 Å². The molecule has 0 radical (unpaired) electrons. The van der Waals surface area contributed by atoms with Crippen LogP contribution in [0.3, 0.4) is 0 Å². The van der Waals surface area contributed by atoms with Crippen LogP contribution < -0.4 is 9.64 Å². The Morgan fingerprint density at radius 2 is 1.93 bits per heavy atom. The Kier molecular flexibility index (Phi) is 9.12. The molecule has 0 bridgehead atoms. The highest BCUT2D eigenvalue weighted by Gasteiger charge is 2.38. The summed E-state index contributed by atoms with van der Waals surface area (Å²) in [5.41, 5.74) is 4.45. The van der Waals surface area contributed by atoms with E-state index in [4.69, 9.17) is 19.0 Å². The number of aryl methyl sites for hydroxylation is 1. The second-order valence-corrected chi connectivity index (χ2v) is 13.6. The number of thiazole rings is 1. The third-order valence-corrected chi connectivity index (χ3v) is 10.0. The number of piperidine rings is 1. The number of ether oxygens (including phenoxy) is 3. The molecule has 0 N–H and O–H groups in total. The van der Waals surface area contributed by atoms with Gasteiger partial charge in [-0.1, -0.05) is 45.9 Å². The molecule has 45 heavy (non-hydrogen) atoms. The van der Waals surface area contributed by atoms with E-state index in [0.29, 0.717) is 22.6 Å². The lowest BCUT2D eigenvalue weighted by Gasteiger charge is -2.41. The third-order valence-electron chi connectivity index (χ3n) is 8.07. The first kappa shape index (κ1) is 31.8. The molecule has 0 spiro atoms. The Bertz CT molecular complexity index is 1680. The van der Waals surface area contributed by atoms with Gasteiger partial charge in [0.15, 0.2) is 5.13 Å². The maximum Gasteiger partial charge on any atom is 0.573 e. The number of carbonyl (C=O) groups is 1. The first-order valence-electron chi connectivity index (χ1n) is 14.5. The van der Waals surface area contributed by atoms with Crippen molar-refractivity contribution in [2.45, 2.75) is 74.6 Å². The van der Waals surface area contributed by atoms with Crippen LogP contribution in [0.25, 0.3) is 22.5 Å². The van der Waals surface area contributed by atoms with Crippen LogP contribution in [0, 0.1) is 6.92 Å². The van der Waals surface area contributed by atoms with Gasteiger partial charge in [-0.3, -0.25) is 0 Å². The number of aromatic nitrogens is 2. The number of alkyl halides is 4. The maximum absolute atomic E-state index is 13.1. The number of halogens is 4. The van der Waals surface area contributed by atoms with Crippen LogP contribution in [-0.2, 0) is 16.1 Å². The number of anilines is 1. The molecule has 2 aromatic carbocycles. The third kappa shape index (κ3) is 6.99. The lowest BCUT2D eigenvalue weighted by atomic mass is 10.0. The summed E-state index contributed by atoms with van der Waals surface area (Å²) in [5, 5.41) is 7.13. The Hall–Kier alpha value is -3.17. The molecule has 2 aromatic heterocycles. The summed E-state index contributed by atoms with van der Waals surface area (Å²) in [4.78, 5) is 19.2. The van der Waals surface area contributed by atoms with Crippen molar-refractivity contribution in [3.8, 4) is 28.3 Å². The topological polar surface area (TPSA) is 86.9 Å². The zero-order chi connectivity index (χ0) is 31.9. The summed E-state index contributed by atoms with van der Waals surface area (Å²) in [6.07, 6.45) is -1.55. The van der Waals surface area contributed by atoms with Crippen molar-refractivity contribution >= 4 is 45.0 Å². The quantitative estimate of drug-likeness (QED) is 0.0727. The first-order chi connectivity index (χ1) is 21.5. The van der Waals surface area contributed by atoms with Crippen LogP contribution in [0.15, 0.2) is 52.4 Å². The molecule has 1 aliphatic carbocycles. The van der Waals surface area contributed by atoms with Crippen LogP contribution in [0.1, 0.15) is 65.8 Å². The van der Waals surface area contributed by atoms with Crippen LogP contribution in [0.5, 0.6) is 5.75 Å². The summed E-state index contributed by atoms with van der Waals surface area (Å²) in [5.74, 6) is 0.166. The second kappa shape index (κ2) is 12.9. The zero-order valence-electron chi connectivity index (χ0n) is 24.8. The number of hydrogen-bond donors (Lipinski definition) is 0. The van der Waals surface area contributed by atoms with Crippen molar-refractivity contribution in [1.29, 1.82) is 0 Å². The van der Waals surface area contributed by atoms with Crippen LogP contribution in [0.2, 0.25) is 0 Å². The van der Waals surface area contributed by atoms with Gasteiger partial charge in [0.25, 0.3) is 0 Å². The molecule has 1 saturated heterocycles. The number of methoxy groups -OCH3 is 1. The van der Waals surface area contributed by atoms with Crippen LogP contribution in [0.4, 0.5) is 18.3 Å². The van der Waals surface area contributed by atoms with Gasteiger partial charge in [0.1, 0.15) is 17.2 Å². The van der Waals surface area contributed by atoms with E-state index in [1.54, 1.807) is 29.5 Å². The van der Waals surface area contributed by atoms with Crippen molar-refractivity contribution in [2.75, 3.05) is 12.0 Å². The number of nitrogens with zero attached hydrogens (tertiary/aromatic N) is 3. The molecule has 2 fully saturated rings. The Balaban J connectivity index is 1.16. The number of para-hydroxylation sites is 1. The van der Waals surface area contributed by atoms with Gasteiger partial charge in [0.05, 0.1) is 35.1 Å². The average molecular weight is 754 g/mol. The van der Waals surface area contributed by atoms with Crippen molar-refractivity contribution < 1.29 is 36.7 Å². The van der Waals surface area contributed by atoms with Crippen molar-refractivity contribution in [3.05, 3.63) is 70.3 Å². The normalized spacial score (nSPS) is 20.3. The van der Waals surface area contributed by atoms with Crippen molar-refractivity contribution in [2.24, 2.45) is 0 Å². The second-order valence-electron chi connectivity index (χ2n) is 11.3. The summed E-state index contributed by atoms with van der Waals surface area (Å²) in [7, 11) is 1.36. The van der Waals surface area contributed by atoms with E-state index in [-0.39, 0.29) is 46.0 Å². The largest absolute Gasteiger partial charge is 0.573 e. The SMILES string of the molecule is COC(=O)c1ccc(-c2csc(N3[C@H](C)CC(OCc4c(-c5ccccc5OC(F)(F)F)noc4C4CC4)C[C@H]3I)n2)c(C)c1.